The molecular weight excluding hydrogens is 244 g/mol. The van der Waals surface area contributed by atoms with Crippen LogP contribution >= 0.6 is 0 Å². The van der Waals surface area contributed by atoms with Crippen LogP contribution in [-0.2, 0) is 6.54 Å². The summed E-state index contributed by atoms with van der Waals surface area (Å²) in [4.78, 5) is 19.3. The van der Waals surface area contributed by atoms with Gasteiger partial charge in [0.2, 0.25) is 5.76 Å². The number of hydrogen-bond donors (Lipinski definition) is 2. The van der Waals surface area contributed by atoms with Gasteiger partial charge >= 0.3 is 0 Å². The van der Waals surface area contributed by atoms with E-state index in [1.54, 1.807) is 6.92 Å². The number of aromatic nitrogens is 3. The Balaban J connectivity index is 1.72. The third-order valence-electron chi connectivity index (χ3n) is 2.81. The highest BCUT2D eigenvalue weighted by Crippen LogP contribution is 2.10. The second-order valence-corrected chi connectivity index (χ2v) is 4.22. The number of carbonyl (C=O) groups excluding carboxylic acids is 1. The van der Waals surface area contributed by atoms with E-state index in [1.807, 2.05) is 24.3 Å². The Hall–Kier alpha value is -2.63. The maximum atomic E-state index is 11.8. The summed E-state index contributed by atoms with van der Waals surface area (Å²) in [6.45, 7) is 2.08. The molecule has 96 valence electrons. The predicted molar refractivity (Wildman–Crippen MR) is 68.5 cm³/mol. The van der Waals surface area contributed by atoms with Crippen molar-refractivity contribution in [3.63, 3.8) is 0 Å². The summed E-state index contributed by atoms with van der Waals surface area (Å²) in [5.41, 5.74) is 2.53. The van der Waals surface area contributed by atoms with Crippen LogP contribution in [0.4, 0.5) is 0 Å². The summed E-state index contributed by atoms with van der Waals surface area (Å²) in [6.07, 6.45) is 1.51. The standard InChI is InChI=1S/C13H12N4O2/c1-8-6-15-19-12(8)13(18)14-7-11-16-9-4-2-3-5-10(9)17-11/h2-6H,7H2,1H3,(H,14,18)(H,16,17). The molecule has 2 heterocycles. The fourth-order valence-corrected chi connectivity index (χ4v) is 1.84. The van der Waals surface area contributed by atoms with Gasteiger partial charge in [-0.25, -0.2) is 4.98 Å². The fourth-order valence-electron chi connectivity index (χ4n) is 1.84. The van der Waals surface area contributed by atoms with Crippen molar-refractivity contribution in [2.75, 3.05) is 0 Å². The Labute approximate surface area is 108 Å². The third-order valence-corrected chi connectivity index (χ3v) is 2.81. The van der Waals surface area contributed by atoms with Crippen molar-refractivity contribution in [2.45, 2.75) is 13.5 Å². The molecule has 0 fully saturated rings. The van der Waals surface area contributed by atoms with E-state index in [0.717, 1.165) is 11.0 Å². The molecule has 1 amide bonds. The first kappa shape index (κ1) is 11.5. The van der Waals surface area contributed by atoms with Crippen LogP contribution < -0.4 is 5.32 Å². The number of hydrogen-bond acceptors (Lipinski definition) is 4. The number of carbonyl (C=O) groups is 1. The lowest BCUT2D eigenvalue weighted by molar-refractivity contribution is 0.0912. The van der Waals surface area contributed by atoms with E-state index in [9.17, 15) is 4.79 Å². The Bertz CT molecular complexity index is 696. The lowest BCUT2D eigenvalue weighted by atomic mass is 10.3. The van der Waals surface area contributed by atoms with Gasteiger partial charge in [-0.05, 0) is 19.1 Å². The summed E-state index contributed by atoms with van der Waals surface area (Å²) in [5.74, 6) is 0.637. The molecule has 6 nitrogen and oxygen atoms in total. The van der Waals surface area contributed by atoms with E-state index in [0.29, 0.717) is 17.9 Å². The molecule has 0 aliphatic carbocycles. The average Bonchev–Trinajstić information content (AvgIpc) is 3.01. The van der Waals surface area contributed by atoms with Gasteiger partial charge in [0.05, 0.1) is 23.8 Å². The number of fused-ring (bicyclic) bond motifs is 1. The summed E-state index contributed by atoms with van der Waals surface area (Å²) < 4.78 is 4.88. The molecule has 6 heteroatoms. The first-order valence-corrected chi connectivity index (χ1v) is 5.87. The highest BCUT2D eigenvalue weighted by Gasteiger charge is 2.14. The van der Waals surface area contributed by atoms with Crippen molar-refractivity contribution in [3.8, 4) is 0 Å². The van der Waals surface area contributed by atoms with Crippen molar-refractivity contribution in [3.05, 3.63) is 47.6 Å². The number of H-pyrrole nitrogens is 1. The average molecular weight is 256 g/mol. The van der Waals surface area contributed by atoms with Gasteiger partial charge in [0.15, 0.2) is 0 Å². The van der Waals surface area contributed by atoms with Crippen LogP contribution in [0.3, 0.4) is 0 Å². The van der Waals surface area contributed by atoms with Crippen LogP contribution in [0.1, 0.15) is 21.9 Å². The molecule has 2 N–H and O–H groups in total. The topological polar surface area (TPSA) is 83.8 Å². The van der Waals surface area contributed by atoms with Crippen LogP contribution in [0.2, 0.25) is 0 Å². The molecule has 3 aromatic rings. The van der Waals surface area contributed by atoms with Crippen LogP contribution in [0.5, 0.6) is 0 Å². The molecule has 19 heavy (non-hydrogen) atoms. The maximum Gasteiger partial charge on any atom is 0.290 e. The van der Waals surface area contributed by atoms with E-state index in [4.69, 9.17) is 4.52 Å². The molecule has 3 rings (SSSR count). The Kier molecular flexibility index (Phi) is 2.75. The van der Waals surface area contributed by atoms with Crippen molar-refractivity contribution < 1.29 is 9.32 Å². The highest BCUT2D eigenvalue weighted by molar-refractivity contribution is 5.92. The van der Waals surface area contributed by atoms with E-state index in [1.165, 1.54) is 6.20 Å². The molecule has 0 radical (unpaired) electrons. The number of para-hydroxylation sites is 2. The number of benzene rings is 1. The van der Waals surface area contributed by atoms with Crippen molar-refractivity contribution in [1.82, 2.24) is 20.4 Å². The summed E-state index contributed by atoms with van der Waals surface area (Å²) in [6, 6.07) is 7.70. The molecule has 0 atom stereocenters. The molecule has 0 spiro atoms. The monoisotopic (exact) mass is 256 g/mol. The fraction of sp³-hybridized carbons (Fsp3) is 0.154. The zero-order chi connectivity index (χ0) is 13.2. The minimum atomic E-state index is -0.296. The van der Waals surface area contributed by atoms with Gasteiger partial charge in [0.25, 0.3) is 5.91 Å². The second kappa shape index (κ2) is 4.56. The summed E-state index contributed by atoms with van der Waals surface area (Å²) in [5, 5.41) is 6.31. The van der Waals surface area contributed by atoms with Gasteiger partial charge in [0, 0.05) is 5.56 Å². The Morgan fingerprint density at radius 2 is 2.26 bits per heavy atom. The normalized spacial score (nSPS) is 10.8. The maximum absolute atomic E-state index is 11.8. The molecule has 0 unspecified atom stereocenters. The van der Waals surface area contributed by atoms with E-state index in [2.05, 4.69) is 20.4 Å². The van der Waals surface area contributed by atoms with Gasteiger partial charge in [-0.3, -0.25) is 4.79 Å². The van der Waals surface area contributed by atoms with Crippen molar-refractivity contribution in [1.29, 1.82) is 0 Å². The van der Waals surface area contributed by atoms with Crippen LogP contribution in [0, 0.1) is 6.92 Å². The zero-order valence-electron chi connectivity index (χ0n) is 10.3. The quantitative estimate of drug-likeness (QED) is 0.748. The molecule has 0 aliphatic rings. The number of nitrogens with zero attached hydrogens (tertiary/aromatic N) is 2. The summed E-state index contributed by atoms with van der Waals surface area (Å²) in [7, 11) is 0. The largest absolute Gasteiger partial charge is 0.351 e. The van der Waals surface area contributed by atoms with Crippen LogP contribution in [0.15, 0.2) is 35.0 Å². The number of imidazole rings is 1. The van der Waals surface area contributed by atoms with Crippen LogP contribution in [-0.4, -0.2) is 21.0 Å². The van der Waals surface area contributed by atoms with E-state index >= 15 is 0 Å². The van der Waals surface area contributed by atoms with Gasteiger partial charge in [-0.15, -0.1) is 0 Å². The van der Waals surface area contributed by atoms with Gasteiger partial charge < -0.3 is 14.8 Å². The molecule has 0 aliphatic heterocycles. The zero-order valence-corrected chi connectivity index (χ0v) is 10.3. The first-order chi connectivity index (χ1) is 9.24. The van der Waals surface area contributed by atoms with Gasteiger partial charge in [-0.2, -0.15) is 0 Å². The number of rotatable bonds is 3. The van der Waals surface area contributed by atoms with Gasteiger partial charge in [-0.1, -0.05) is 17.3 Å². The smallest absolute Gasteiger partial charge is 0.290 e. The second-order valence-electron chi connectivity index (χ2n) is 4.22. The number of aryl methyl sites for hydroxylation is 1. The Morgan fingerprint density at radius 1 is 1.42 bits per heavy atom. The molecule has 0 saturated carbocycles. The Morgan fingerprint density at radius 3 is 3.00 bits per heavy atom. The van der Waals surface area contributed by atoms with Gasteiger partial charge in [0.1, 0.15) is 5.82 Å². The molecule has 0 saturated heterocycles. The van der Waals surface area contributed by atoms with Crippen molar-refractivity contribution in [2.24, 2.45) is 0 Å². The first-order valence-electron chi connectivity index (χ1n) is 5.87. The number of amides is 1. The summed E-state index contributed by atoms with van der Waals surface area (Å²) >= 11 is 0. The molecule has 0 bridgehead atoms. The minimum absolute atomic E-state index is 0.233. The molecular formula is C13H12N4O2. The van der Waals surface area contributed by atoms with Crippen molar-refractivity contribution >= 4 is 16.9 Å². The number of aromatic amines is 1. The SMILES string of the molecule is Cc1cnoc1C(=O)NCc1nc2ccccc2[nH]1. The van der Waals surface area contributed by atoms with E-state index < -0.39 is 0 Å². The number of nitrogens with one attached hydrogen (secondary N) is 2. The lowest BCUT2D eigenvalue weighted by Gasteiger charge is -2.00. The highest BCUT2D eigenvalue weighted by atomic mass is 16.5. The van der Waals surface area contributed by atoms with Crippen LogP contribution in [0.25, 0.3) is 11.0 Å². The molecule has 1 aromatic carbocycles. The minimum Gasteiger partial charge on any atom is -0.351 e. The predicted octanol–water partition coefficient (Wildman–Crippen LogP) is 1.79. The third kappa shape index (κ3) is 2.20. The molecule has 2 aromatic heterocycles. The van der Waals surface area contributed by atoms with E-state index in [-0.39, 0.29) is 11.7 Å². The lowest BCUT2D eigenvalue weighted by Crippen LogP contribution is -2.23.